The summed E-state index contributed by atoms with van der Waals surface area (Å²) in [6.07, 6.45) is 0. The van der Waals surface area contributed by atoms with Crippen molar-refractivity contribution in [2.24, 2.45) is 5.16 Å². The van der Waals surface area contributed by atoms with Crippen LogP contribution in [0.25, 0.3) is 5.57 Å². The smallest absolute Gasteiger partial charge is 0.258 e. The summed E-state index contributed by atoms with van der Waals surface area (Å²) in [5.74, 6) is -0.201. The Morgan fingerprint density at radius 2 is 1.48 bits per heavy atom. The van der Waals surface area contributed by atoms with Gasteiger partial charge in [0.15, 0.2) is 0 Å². The van der Waals surface area contributed by atoms with Gasteiger partial charge in [0, 0.05) is 22.5 Å². The van der Waals surface area contributed by atoms with Crippen LogP contribution in [0, 0.1) is 0 Å². The van der Waals surface area contributed by atoms with Crippen LogP contribution in [0.2, 0.25) is 0 Å². The van der Waals surface area contributed by atoms with E-state index in [2.05, 4.69) is 15.8 Å². The molecule has 2 heterocycles. The number of fused-ring (bicyclic) bond motifs is 2. The van der Waals surface area contributed by atoms with E-state index in [-0.39, 0.29) is 5.91 Å². The normalized spacial score (nSPS) is 21.0. The molecule has 0 fully saturated rings. The summed E-state index contributed by atoms with van der Waals surface area (Å²) in [5.41, 5.74) is 4.58. The van der Waals surface area contributed by atoms with Crippen molar-refractivity contribution in [3.63, 3.8) is 0 Å². The van der Waals surface area contributed by atoms with E-state index in [1.807, 2.05) is 48.5 Å². The molecule has 0 bridgehead atoms. The highest BCUT2D eigenvalue weighted by Crippen LogP contribution is 2.38. The first-order chi connectivity index (χ1) is 10.3. The monoisotopic (exact) mass is 277 g/mol. The van der Waals surface area contributed by atoms with E-state index in [4.69, 9.17) is 0 Å². The van der Waals surface area contributed by atoms with Gasteiger partial charge >= 0.3 is 0 Å². The average Bonchev–Trinajstić information content (AvgIpc) is 3.02. The zero-order chi connectivity index (χ0) is 14.4. The predicted molar refractivity (Wildman–Crippen MR) is 80.4 cm³/mol. The van der Waals surface area contributed by atoms with Gasteiger partial charge in [-0.05, 0) is 12.1 Å². The van der Waals surface area contributed by atoms with Crippen LogP contribution in [0.1, 0.15) is 11.1 Å². The maximum Gasteiger partial charge on any atom is 0.258 e. The summed E-state index contributed by atoms with van der Waals surface area (Å²) in [7, 11) is 0. The van der Waals surface area contributed by atoms with Crippen molar-refractivity contribution in [3.8, 4) is 0 Å². The molecule has 0 atom stereocenters. The number of hydrogen-bond acceptors (Lipinski definition) is 4. The molecule has 1 amide bonds. The average molecular weight is 277 g/mol. The third-order valence-corrected chi connectivity index (χ3v) is 3.70. The fourth-order valence-electron chi connectivity index (χ4n) is 2.78. The summed E-state index contributed by atoms with van der Waals surface area (Å²) < 4.78 is 0. The van der Waals surface area contributed by atoms with E-state index in [1.165, 1.54) is 0 Å². The zero-order valence-electron chi connectivity index (χ0n) is 10.9. The minimum atomic E-state index is -0.201. The van der Waals surface area contributed by atoms with E-state index in [1.54, 1.807) is 0 Å². The second kappa shape index (κ2) is 4.21. The topological polar surface area (TPSA) is 73.7 Å². The molecule has 0 aromatic heterocycles. The van der Waals surface area contributed by atoms with Crippen LogP contribution in [0.3, 0.4) is 0 Å². The minimum Gasteiger partial charge on any atom is -0.410 e. The first kappa shape index (κ1) is 11.7. The largest absolute Gasteiger partial charge is 0.410 e. The fourth-order valence-corrected chi connectivity index (χ4v) is 2.78. The number of oxime groups is 1. The number of anilines is 2. The Morgan fingerprint density at radius 1 is 0.857 bits per heavy atom. The van der Waals surface area contributed by atoms with Crippen LogP contribution in [0.5, 0.6) is 0 Å². The molecule has 0 saturated heterocycles. The number of benzene rings is 2. The van der Waals surface area contributed by atoms with Gasteiger partial charge in [0.25, 0.3) is 5.91 Å². The lowest BCUT2D eigenvalue weighted by Crippen LogP contribution is -2.12. The molecule has 0 aliphatic carbocycles. The quantitative estimate of drug-likeness (QED) is 0.394. The number of amides is 1. The second-order valence-corrected chi connectivity index (χ2v) is 4.87. The molecule has 2 aromatic rings. The van der Waals surface area contributed by atoms with E-state index < -0.39 is 0 Å². The van der Waals surface area contributed by atoms with Crippen molar-refractivity contribution in [1.82, 2.24) is 0 Å². The van der Waals surface area contributed by atoms with Gasteiger partial charge in [-0.2, -0.15) is 0 Å². The Balaban J connectivity index is 1.97. The number of nitrogens with zero attached hydrogens (tertiary/aromatic N) is 1. The molecule has 2 aliphatic heterocycles. The summed E-state index contributed by atoms with van der Waals surface area (Å²) in [6, 6.07) is 14.9. The number of para-hydroxylation sites is 2. The first-order valence-electron chi connectivity index (χ1n) is 6.53. The lowest BCUT2D eigenvalue weighted by Gasteiger charge is -2.04. The van der Waals surface area contributed by atoms with Crippen LogP contribution < -0.4 is 10.6 Å². The van der Waals surface area contributed by atoms with Gasteiger partial charge in [0.1, 0.15) is 5.71 Å². The molecule has 4 rings (SSSR count). The van der Waals surface area contributed by atoms with Gasteiger partial charge in [-0.15, -0.1) is 0 Å². The van der Waals surface area contributed by atoms with Crippen molar-refractivity contribution >= 4 is 28.6 Å². The molecular formula is C16H11N3O2. The summed E-state index contributed by atoms with van der Waals surface area (Å²) in [4.78, 5) is 12.3. The molecule has 5 heteroatoms. The maximum absolute atomic E-state index is 12.3. The number of rotatable bonds is 0. The Bertz CT molecular complexity index is 837. The fraction of sp³-hybridized carbons (Fsp3) is 0. The Labute approximate surface area is 120 Å². The molecular weight excluding hydrogens is 266 g/mol. The third kappa shape index (κ3) is 1.57. The molecule has 0 saturated carbocycles. The van der Waals surface area contributed by atoms with Crippen LogP contribution in [-0.2, 0) is 4.79 Å². The number of nitrogens with one attached hydrogen (secondary N) is 2. The minimum absolute atomic E-state index is 0.201. The second-order valence-electron chi connectivity index (χ2n) is 4.87. The van der Waals surface area contributed by atoms with Gasteiger partial charge in [0.05, 0.1) is 11.3 Å². The first-order valence-corrected chi connectivity index (χ1v) is 6.53. The Morgan fingerprint density at radius 3 is 2.19 bits per heavy atom. The van der Waals surface area contributed by atoms with E-state index in [0.29, 0.717) is 17.0 Å². The maximum atomic E-state index is 12.3. The lowest BCUT2D eigenvalue weighted by atomic mass is 10.0. The Kier molecular flexibility index (Phi) is 2.35. The van der Waals surface area contributed by atoms with Gasteiger partial charge in [-0.25, -0.2) is 0 Å². The highest BCUT2D eigenvalue weighted by atomic mass is 16.4. The number of carbonyl (C=O) groups is 1. The summed E-state index contributed by atoms with van der Waals surface area (Å²) in [5, 5.41) is 18.7. The molecule has 0 radical (unpaired) electrons. The van der Waals surface area contributed by atoms with Crippen LogP contribution in [0.4, 0.5) is 11.4 Å². The molecule has 21 heavy (non-hydrogen) atoms. The molecule has 102 valence electrons. The number of carbonyl (C=O) groups excluding carboxylic acids is 1. The highest BCUT2D eigenvalue weighted by molar-refractivity contribution is 6.39. The number of hydrogen-bond donors (Lipinski definition) is 3. The standard InChI is InChI=1S/C16H11N3O2/c20-16-13(9-5-1-3-7-11(9)18-16)15-14(19-21)10-6-2-4-8-12(10)17-15/h1-8,17,21H,(H,18,20). The SMILES string of the molecule is O=C1Nc2ccccc2C1=C1Nc2ccccc2C1=NO. The lowest BCUT2D eigenvalue weighted by molar-refractivity contribution is -0.110. The van der Waals surface area contributed by atoms with Crippen LogP contribution >= 0.6 is 0 Å². The van der Waals surface area contributed by atoms with E-state index >= 15 is 0 Å². The third-order valence-electron chi connectivity index (χ3n) is 3.70. The van der Waals surface area contributed by atoms with E-state index in [0.717, 1.165) is 22.5 Å². The van der Waals surface area contributed by atoms with Crippen LogP contribution in [-0.4, -0.2) is 16.8 Å². The van der Waals surface area contributed by atoms with Gasteiger partial charge in [0.2, 0.25) is 0 Å². The van der Waals surface area contributed by atoms with Crippen molar-refractivity contribution in [2.45, 2.75) is 0 Å². The number of allylic oxidation sites excluding steroid dienone is 1. The van der Waals surface area contributed by atoms with Gasteiger partial charge < -0.3 is 15.8 Å². The predicted octanol–water partition coefficient (Wildman–Crippen LogP) is 2.65. The van der Waals surface area contributed by atoms with Crippen LogP contribution in [0.15, 0.2) is 59.4 Å². The van der Waals surface area contributed by atoms with Crippen molar-refractivity contribution in [1.29, 1.82) is 0 Å². The molecule has 3 N–H and O–H groups in total. The van der Waals surface area contributed by atoms with E-state index in [9.17, 15) is 10.0 Å². The molecule has 0 unspecified atom stereocenters. The summed E-state index contributed by atoms with van der Waals surface area (Å²) >= 11 is 0. The Hall–Kier alpha value is -3.08. The van der Waals surface area contributed by atoms with Crippen molar-refractivity contribution in [3.05, 3.63) is 65.4 Å². The molecule has 0 spiro atoms. The van der Waals surface area contributed by atoms with Crippen molar-refractivity contribution < 1.29 is 10.0 Å². The molecule has 2 aromatic carbocycles. The highest BCUT2D eigenvalue weighted by Gasteiger charge is 2.33. The van der Waals surface area contributed by atoms with Gasteiger partial charge in [-0.3, -0.25) is 4.79 Å². The molecule has 2 aliphatic rings. The summed E-state index contributed by atoms with van der Waals surface area (Å²) in [6.45, 7) is 0. The van der Waals surface area contributed by atoms with Crippen molar-refractivity contribution in [2.75, 3.05) is 10.6 Å². The van der Waals surface area contributed by atoms with Gasteiger partial charge in [-0.1, -0.05) is 41.6 Å². The molecule has 5 nitrogen and oxygen atoms in total. The zero-order valence-corrected chi connectivity index (χ0v) is 10.9.